The fourth-order valence-corrected chi connectivity index (χ4v) is 5.04. The maximum Gasteiger partial charge on any atom is 0.160 e. The zero-order chi connectivity index (χ0) is 26.5. The van der Waals surface area contributed by atoms with Gasteiger partial charge >= 0.3 is 0 Å². The lowest BCUT2D eigenvalue weighted by atomic mass is 9.99. The number of pyridine rings is 4. The van der Waals surface area contributed by atoms with Crippen LogP contribution in [0.5, 0.6) is 0 Å². The van der Waals surface area contributed by atoms with Crippen LogP contribution >= 0.6 is 0 Å². The molecule has 186 valence electrons. The van der Waals surface area contributed by atoms with Crippen LogP contribution in [-0.4, -0.2) is 39.9 Å². The van der Waals surface area contributed by atoms with Crippen LogP contribution in [0.15, 0.2) is 110 Å². The average molecular weight is 515 g/mol. The lowest BCUT2D eigenvalue weighted by Gasteiger charge is -2.13. The Morgan fingerprint density at radius 2 is 1.30 bits per heavy atom. The third kappa shape index (κ3) is 3.62. The topological polar surface area (TPSA) is 103 Å². The second-order valence-corrected chi connectivity index (χ2v) is 9.37. The van der Waals surface area contributed by atoms with Crippen molar-refractivity contribution in [1.82, 2.24) is 39.9 Å². The van der Waals surface area contributed by atoms with Crippen molar-refractivity contribution >= 4 is 43.7 Å². The van der Waals surface area contributed by atoms with Crippen molar-refractivity contribution in [3.05, 3.63) is 110 Å². The van der Waals surface area contributed by atoms with Gasteiger partial charge in [-0.15, -0.1) is 0 Å². The molecule has 8 nitrogen and oxygen atoms in total. The second kappa shape index (κ2) is 8.92. The standard InChI is InChI=1S/C32H18N8/c1-2-5-19(6-3-1)27-15-24(32-37-18-28-26(40-32)7-4-12-34-28)22-9-8-21-23(10-14-35-29(21)30(22)38-27)31-36-17-20-16-33-13-11-25(20)39-31/h1-18H. The predicted octanol–water partition coefficient (Wildman–Crippen LogP) is 6.46. The number of hydrogen-bond donors (Lipinski definition) is 0. The van der Waals surface area contributed by atoms with Crippen LogP contribution in [0.2, 0.25) is 0 Å². The first kappa shape index (κ1) is 22.2. The third-order valence-electron chi connectivity index (χ3n) is 6.97. The smallest absolute Gasteiger partial charge is 0.160 e. The summed E-state index contributed by atoms with van der Waals surface area (Å²) in [6, 6.07) is 23.9. The van der Waals surface area contributed by atoms with Gasteiger partial charge in [-0.05, 0) is 30.3 Å². The summed E-state index contributed by atoms with van der Waals surface area (Å²) in [4.78, 5) is 37.5. The summed E-state index contributed by atoms with van der Waals surface area (Å²) in [5.74, 6) is 1.22. The lowest BCUT2D eigenvalue weighted by Crippen LogP contribution is -1.97. The van der Waals surface area contributed by atoms with Crippen LogP contribution in [0.1, 0.15) is 0 Å². The molecule has 0 N–H and O–H groups in total. The van der Waals surface area contributed by atoms with Crippen LogP contribution in [-0.2, 0) is 0 Å². The fourth-order valence-electron chi connectivity index (χ4n) is 5.04. The van der Waals surface area contributed by atoms with Crippen molar-refractivity contribution in [1.29, 1.82) is 0 Å². The van der Waals surface area contributed by atoms with E-state index in [1.54, 1.807) is 37.2 Å². The van der Waals surface area contributed by atoms with Gasteiger partial charge in [-0.1, -0.05) is 42.5 Å². The Morgan fingerprint density at radius 3 is 2.23 bits per heavy atom. The van der Waals surface area contributed by atoms with Crippen molar-refractivity contribution in [2.24, 2.45) is 0 Å². The van der Waals surface area contributed by atoms with Gasteiger partial charge in [-0.2, -0.15) is 0 Å². The minimum absolute atomic E-state index is 0.604. The first-order valence-corrected chi connectivity index (χ1v) is 12.7. The van der Waals surface area contributed by atoms with E-state index in [9.17, 15) is 0 Å². The summed E-state index contributed by atoms with van der Waals surface area (Å²) in [6.45, 7) is 0. The van der Waals surface area contributed by atoms with Crippen molar-refractivity contribution in [2.75, 3.05) is 0 Å². The van der Waals surface area contributed by atoms with E-state index in [1.165, 1.54) is 0 Å². The Bertz CT molecular complexity index is 2230. The Kier molecular flexibility index (Phi) is 4.96. The van der Waals surface area contributed by atoms with E-state index in [1.807, 2.05) is 60.7 Å². The molecule has 8 rings (SSSR count). The van der Waals surface area contributed by atoms with Gasteiger partial charge < -0.3 is 0 Å². The molecule has 0 fully saturated rings. The molecule has 40 heavy (non-hydrogen) atoms. The van der Waals surface area contributed by atoms with E-state index in [0.717, 1.165) is 66.1 Å². The fraction of sp³-hybridized carbons (Fsp3) is 0. The van der Waals surface area contributed by atoms with Crippen LogP contribution in [0, 0.1) is 0 Å². The highest BCUT2D eigenvalue weighted by molar-refractivity contribution is 6.12. The van der Waals surface area contributed by atoms with E-state index in [4.69, 9.17) is 19.9 Å². The van der Waals surface area contributed by atoms with Crippen LogP contribution in [0.4, 0.5) is 0 Å². The zero-order valence-electron chi connectivity index (χ0n) is 21.0. The highest BCUT2D eigenvalue weighted by Crippen LogP contribution is 2.36. The Hall–Kier alpha value is -5.76. The molecule has 0 bridgehead atoms. The van der Waals surface area contributed by atoms with Gasteiger partial charge in [-0.3, -0.25) is 15.0 Å². The van der Waals surface area contributed by atoms with Gasteiger partial charge in [0.15, 0.2) is 11.6 Å². The molecule has 0 spiro atoms. The molecular formula is C32H18N8. The minimum Gasteiger partial charge on any atom is -0.264 e. The molecule has 0 saturated carbocycles. The minimum atomic E-state index is 0.604. The summed E-state index contributed by atoms with van der Waals surface area (Å²) in [5.41, 5.74) is 7.44. The third-order valence-corrected chi connectivity index (χ3v) is 6.97. The summed E-state index contributed by atoms with van der Waals surface area (Å²) >= 11 is 0. The maximum absolute atomic E-state index is 5.13. The molecule has 0 aliphatic carbocycles. The van der Waals surface area contributed by atoms with Gasteiger partial charge in [0.05, 0.1) is 34.0 Å². The second-order valence-electron chi connectivity index (χ2n) is 9.37. The van der Waals surface area contributed by atoms with Gasteiger partial charge in [0, 0.05) is 63.8 Å². The van der Waals surface area contributed by atoms with E-state index in [-0.39, 0.29) is 0 Å². The first-order chi connectivity index (χ1) is 19.8. The molecule has 0 aliphatic rings. The molecule has 0 radical (unpaired) electrons. The van der Waals surface area contributed by atoms with Crippen molar-refractivity contribution in [3.63, 3.8) is 0 Å². The van der Waals surface area contributed by atoms with Crippen LogP contribution in [0.3, 0.4) is 0 Å². The lowest BCUT2D eigenvalue weighted by molar-refractivity contribution is 1.20. The van der Waals surface area contributed by atoms with E-state index < -0.39 is 0 Å². The molecule has 8 heteroatoms. The Labute approximate surface area is 227 Å². The number of aromatic nitrogens is 8. The zero-order valence-corrected chi connectivity index (χ0v) is 21.0. The summed E-state index contributed by atoms with van der Waals surface area (Å²) in [7, 11) is 0. The van der Waals surface area contributed by atoms with E-state index in [0.29, 0.717) is 11.6 Å². The van der Waals surface area contributed by atoms with Gasteiger partial charge in [0.2, 0.25) is 0 Å². The Morgan fingerprint density at radius 1 is 0.475 bits per heavy atom. The normalized spacial score (nSPS) is 11.5. The largest absolute Gasteiger partial charge is 0.264 e. The van der Waals surface area contributed by atoms with E-state index in [2.05, 4.69) is 32.1 Å². The molecule has 8 aromatic rings. The van der Waals surface area contributed by atoms with E-state index >= 15 is 0 Å². The average Bonchev–Trinajstić information content (AvgIpc) is 3.03. The quantitative estimate of drug-likeness (QED) is 0.248. The number of benzene rings is 2. The van der Waals surface area contributed by atoms with Crippen LogP contribution in [0.25, 0.3) is 77.8 Å². The molecular weight excluding hydrogens is 496 g/mol. The van der Waals surface area contributed by atoms with Crippen molar-refractivity contribution < 1.29 is 0 Å². The highest BCUT2D eigenvalue weighted by Gasteiger charge is 2.17. The molecule has 6 heterocycles. The number of hydrogen-bond acceptors (Lipinski definition) is 8. The van der Waals surface area contributed by atoms with Crippen molar-refractivity contribution in [3.8, 4) is 34.0 Å². The number of fused-ring (bicyclic) bond motifs is 5. The highest BCUT2D eigenvalue weighted by atomic mass is 14.9. The molecule has 2 aromatic carbocycles. The molecule has 0 aliphatic heterocycles. The van der Waals surface area contributed by atoms with Gasteiger partial charge in [-0.25, -0.2) is 24.9 Å². The Balaban J connectivity index is 1.42. The predicted molar refractivity (Wildman–Crippen MR) is 155 cm³/mol. The first-order valence-electron chi connectivity index (χ1n) is 12.7. The molecule has 0 unspecified atom stereocenters. The van der Waals surface area contributed by atoms with Gasteiger partial charge in [0.1, 0.15) is 5.52 Å². The molecule has 6 aromatic heterocycles. The summed E-state index contributed by atoms with van der Waals surface area (Å²) in [6.07, 6.45) is 10.6. The number of rotatable bonds is 3. The SMILES string of the molecule is c1ccc(-c2cc(-c3ncc4ncccc4n3)c3ccc4c(-c5ncc6cnccc6n5)ccnc4c3n2)cc1. The maximum atomic E-state index is 5.13. The summed E-state index contributed by atoms with van der Waals surface area (Å²) in [5, 5.41) is 2.71. The number of nitrogens with zero attached hydrogens (tertiary/aromatic N) is 8. The molecule has 0 atom stereocenters. The van der Waals surface area contributed by atoms with Crippen LogP contribution < -0.4 is 0 Å². The van der Waals surface area contributed by atoms with Crippen molar-refractivity contribution in [2.45, 2.75) is 0 Å². The van der Waals surface area contributed by atoms with Gasteiger partial charge in [0.25, 0.3) is 0 Å². The monoisotopic (exact) mass is 514 g/mol. The molecule has 0 saturated heterocycles. The summed E-state index contributed by atoms with van der Waals surface area (Å²) < 4.78 is 0. The molecule has 0 amide bonds.